The highest BCUT2D eigenvalue weighted by molar-refractivity contribution is 8.57. The van der Waals surface area contributed by atoms with Gasteiger partial charge in [0.25, 0.3) is 6.57 Å². The van der Waals surface area contributed by atoms with Crippen LogP contribution in [0.15, 0.2) is 11.2 Å². The maximum absolute atomic E-state index is 11.7. The molecule has 0 amide bonds. The first-order valence-corrected chi connectivity index (χ1v) is 8.35. The van der Waals surface area contributed by atoms with Gasteiger partial charge in [0, 0.05) is 5.82 Å². The fourth-order valence-electron chi connectivity index (χ4n) is 0.550. The largest absolute Gasteiger partial charge is 0.319 e. The topological polar surface area (TPSA) is 26.3 Å². The minimum absolute atomic E-state index is 0.499. The van der Waals surface area contributed by atoms with Gasteiger partial charge in [0.1, 0.15) is 0 Å². The van der Waals surface area contributed by atoms with E-state index in [4.69, 9.17) is 4.52 Å². The maximum Gasteiger partial charge on any atom is 0.280 e. The molecule has 0 aromatic heterocycles. The predicted octanol–water partition coefficient (Wildman–Crippen LogP) is 3.80. The smallest absolute Gasteiger partial charge is 0.280 e. The number of thioether (sulfide) groups is 1. The van der Waals surface area contributed by atoms with Gasteiger partial charge >= 0.3 is 0 Å². The van der Waals surface area contributed by atoms with E-state index in [0.29, 0.717) is 6.61 Å². The van der Waals surface area contributed by atoms with Crippen molar-refractivity contribution in [2.45, 2.75) is 13.8 Å². The Kier molecular flexibility index (Phi) is 7.45. The van der Waals surface area contributed by atoms with Crippen molar-refractivity contribution >= 4 is 29.7 Å². The third-order valence-electron chi connectivity index (χ3n) is 1.07. The Balaban J connectivity index is 4.04. The average Bonchev–Trinajstić information content (AvgIpc) is 2.06. The molecule has 12 heavy (non-hydrogen) atoms. The summed E-state index contributed by atoms with van der Waals surface area (Å²) in [5.74, 6) is 2.67. The summed E-state index contributed by atoms with van der Waals surface area (Å²) in [7, 11) is 0. The van der Waals surface area contributed by atoms with Crippen molar-refractivity contribution in [2.24, 2.45) is 0 Å². The summed E-state index contributed by atoms with van der Waals surface area (Å²) in [5.41, 5.74) is 0. The highest BCUT2D eigenvalue weighted by atomic mass is 32.7. The fourth-order valence-corrected chi connectivity index (χ4v) is 3.80. The van der Waals surface area contributed by atoms with Crippen LogP contribution in [-0.4, -0.2) is 18.6 Å². The second-order valence-electron chi connectivity index (χ2n) is 1.88. The fraction of sp³-hybridized carbons (Fsp3) is 0.714. The van der Waals surface area contributed by atoms with Gasteiger partial charge in [-0.05, 0) is 24.3 Å². The van der Waals surface area contributed by atoms with E-state index in [2.05, 4.69) is 6.92 Å². The molecule has 0 fully saturated rings. The van der Waals surface area contributed by atoms with Gasteiger partial charge in [-0.25, -0.2) is 0 Å². The summed E-state index contributed by atoms with van der Waals surface area (Å²) < 4.78 is 16.8. The second kappa shape index (κ2) is 7.07. The first-order chi connectivity index (χ1) is 5.68. The van der Waals surface area contributed by atoms with Gasteiger partial charge in [0.05, 0.1) is 6.61 Å². The molecule has 5 heteroatoms. The average molecular weight is 226 g/mol. The van der Waals surface area contributed by atoms with Crippen LogP contribution in [0.3, 0.4) is 0 Å². The van der Waals surface area contributed by atoms with E-state index in [1.165, 1.54) is 11.4 Å². The van der Waals surface area contributed by atoms with Crippen LogP contribution in [0.1, 0.15) is 13.8 Å². The highest BCUT2D eigenvalue weighted by Crippen LogP contribution is 2.59. The van der Waals surface area contributed by atoms with Gasteiger partial charge in [-0.15, -0.1) is 11.8 Å². The summed E-state index contributed by atoms with van der Waals surface area (Å²) >= 11 is 2.91. The van der Waals surface area contributed by atoms with E-state index in [-0.39, 0.29) is 0 Å². The van der Waals surface area contributed by atoms with Gasteiger partial charge in [-0.1, -0.05) is 18.3 Å². The van der Waals surface area contributed by atoms with Crippen LogP contribution in [0.5, 0.6) is 0 Å². The van der Waals surface area contributed by atoms with Crippen molar-refractivity contribution in [1.82, 2.24) is 0 Å². The molecule has 1 unspecified atom stereocenters. The van der Waals surface area contributed by atoms with Crippen LogP contribution in [-0.2, 0) is 9.09 Å². The molecule has 0 N–H and O–H groups in total. The standard InChI is InChI=1S/C7H15O2PS2/c1-4-9-10(8,11-3)6-7-12-5-2/h6-7H,4-5H2,1-3H3/b7-6-. The van der Waals surface area contributed by atoms with Gasteiger partial charge in [-0.3, -0.25) is 4.57 Å². The van der Waals surface area contributed by atoms with Crippen molar-refractivity contribution in [3.8, 4) is 0 Å². The summed E-state index contributed by atoms with van der Waals surface area (Å²) in [5, 5.41) is 1.85. The lowest BCUT2D eigenvalue weighted by molar-refractivity contribution is 0.352. The Hall–Kier alpha value is 0.630. The normalized spacial score (nSPS) is 16.6. The minimum atomic E-state index is -2.51. The maximum atomic E-state index is 11.7. The quantitative estimate of drug-likeness (QED) is 0.643. The van der Waals surface area contributed by atoms with E-state index in [1.54, 1.807) is 23.8 Å². The van der Waals surface area contributed by atoms with Crippen LogP contribution in [0, 0.1) is 0 Å². The number of hydrogen-bond donors (Lipinski definition) is 0. The molecule has 0 saturated carbocycles. The van der Waals surface area contributed by atoms with Crippen molar-refractivity contribution in [3.05, 3.63) is 11.2 Å². The molecule has 0 aromatic carbocycles. The summed E-state index contributed by atoms with van der Waals surface area (Å²) in [6.07, 6.45) is 1.80. The molecule has 0 bridgehead atoms. The molecule has 0 spiro atoms. The van der Waals surface area contributed by atoms with E-state index >= 15 is 0 Å². The molecule has 0 radical (unpaired) electrons. The monoisotopic (exact) mass is 226 g/mol. The molecule has 0 rings (SSSR count). The zero-order valence-corrected chi connectivity index (χ0v) is 10.2. The van der Waals surface area contributed by atoms with E-state index < -0.39 is 6.57 Å². The van der Waals surface area contributed by atoms with Crippen LogP contribution in [0.2, 0.25) is 0 Å². The molecule has 0 aliphatic carbocycles. The van der Waals surface area contributed by atoms with Gasteiger partial charge in [-0.2, -0.15) is 0 Å². The molecular weight excluding hydrogens is 211 g/mol. The second-order valence-corrected chi connectivity index (χ2v) is 7.69. The van der Waals surface area contributed by atoms with Crippen molar-refractivity contribution in [3.63, 3.8) is 0 Å². The van der Waals surface area contributed by atoms with Crippen molar-refractivity contribution in [1.29, 1.82) is 0 Å². The van der Waals surface area contributed by atoms with Crippen LogP contribution in [0.4, 0.5) is 0 Å². The summed E-state index contributed by atoms with van der Waals surface area (Å²) in [6.45, 7) is 1.89. The van der Waals surface area contributed by atoms with Gasteiger partial charge < -0.3 is 4.52 Å². The van der Waals surface area contributed by atoms with Gasteiger partial charge in [0.2, 0.25) is 0 Å². The SMILES string of the molecule is CCOP(=O)(/C=C\SCC)SC. The lowest BCUT2D eigenvalue weighted by atomic mass is 10.9. The Bertz CT molecular complexity index is 182. The molecule has 72 valence electrons. The third kappa shape index (κ3) is 5.31. The van der Waals surface area contributed by atoms with E-state index in [9.17, 15) is 4.57 Å². The molecular formula is C7H15O2PS2. The number of rotatable bonds is 6. The molecule has 0 heterocycles. The molecule has 0 aromatic rings. The van der Waals surface area contributed by atoms with Crippen LogP contribution >= 0.6 is 29.7 Å². The zero-order chi connectivity index (χ0) is 9.45. The third-order valence-corrected chi connectivity index (χ3v) is 5.78. The Morgan fingerprint density at radius 3 is 2.58 bits per heavy atom. The lowest BCUT2D eigenvalue weighted by Crippen LogP contribution is -1.81. The van der Waals surface area contributed by atoms with E-state index in [1.807, 2.05) is 12.3 Å². The Morgan fingerprint density at radius 1 is 1.50 bits per heavy atom. The Morgan fingerprint density at radius 2 is 2.17 bits per heavy atom. The molecule has 0 aliphatic heterocycles. The predicted molar refractivity (Wildman–Crippen MR) is 60.0 cm³/mol. The first-order valence-electron chi connectivity index (χ1n) is 3.77. The summed E-state index contributed by atoms with van der Waals surface area (Å²) in [4.78, 5) is 0. The van der Waals surface area contributed by atoms with Gasteiger partial charge in [0.15, 0.2) is 0 Å². The molecule has 1 atom stereocenters. The first kappa shape index (κ1) is 12.6. The number of hydrogen-bond acceptors (Lipinski definition) is 4. The molecule has 0 saturated heterocycles. The van der Waals surface area contributed by atoms with Crippen LogP contribution in [0.25, 0.3) is 0 Å². The molecule has 2 nitrogen and oxygen atoms in total. The molecule has 0 aliphatic rings. The van der Waals surface area contributed by atoms with E-state index in [0.717, 1.165) is 5.75 Å². The highest BCUT2D eigenvalue weighted by Gasteiger charge is 2.15. The minimum Gasteiger partial charge on any atom is -0.319 e. The summed E-state index contributed by atoms with van der Waals surface area (Å²) in [6, 6.07) is 0. The lowest BCUT2D eigenvalue weighted by Gasteiger charge is -2.09. The van der Waals surface area contributed by atoms with Crippen LogP contribution < -0.4 is 0 Å². The zero-order valence-electron chi connectivity index (χ0n) is 7.65. The Labute approximate surface area is 82.7 Å². The van der Waals surface area contributed by atoms with Crippen molar-refractivity contribution < 1.29 is 9.09 Å². The van der Waals surface area contributed by atoms with Crippen molar-refractivity contribution in [2.75, 3.05) is 18.6 Å².